The summed E-state index contributed by atoms with van der Waals surface area (Å²) in [6.07, 6.45) is 11.8. The number of rotatable bonds is 20. The highest BCUT2D eigenvalue weighted by atomic mass is 16.5. The zero-order chi connectivity index (χ0) is 36.7. The molecule has 0 aliphatic rings. The number of ketones is 1. The Hall–Kier alpha value is -4.59. The number of carbonyl (C=O) groups is 3. The van der Waals surface area contributed by atoms with Crippen molar-refractivity contribution in [2.45, 2.75) is 86.0 Å². The van der Waals surface area contributed by atoms with E-state index < -0.39 is 11.8 Å². The third-order valence-corrected chi connectivity index (χ3v) is 8.51. The number of methoxy groups -OCH3 is 1. The van der Waals surface area contributed by atoms with Gasteiger partial charge in [0.15, 0.2) is 5.78 Å². The van der Waals surface area contributed by atoms with Crippen molar-refractivity contribution in [2.75, 3.05) is 38.3 Å². The van der Waals surface area contributed by atoms with Crippen LogP contribution in [0.1, 0.15) is 118 Å². The molecule has 0 spiro atoms. The second-order valence-corrected chi connectivity index (χ2v) is 12.1. The lowest BCUT2D eigenvalue weighted by molar-refractivity contribution is -0.139. The van der Waals surface area contributed by atoms with Gasteiger partial charge in [-0.05, 0) is 74.6 Å². The van der Waals surface area contributed by atoms with Gasteiger partial charge < -0.3 is 24.2 Å². The summed E-state index contributed by atoms with van der Waals surface area (Å²) in [5, 5.41) is 10.5. The minimum Gasteiger partial charge on any atom is -0.507 e. The van der Waals surface area contributed by atoms with E-state index in [0.29, 0.717) is 19.1 Å². The van der Waals surface area contributed by atoms with Gasteiger partial charge in [-0.25, -0.2) is 9.59 Å². The number of esters is 2. The number of nitrogens with zero attached hydrogens (tertiary/aromatic N) is 1. The number of phenolic OH excluding ortho intramolecular Hbond substituents is 1. The van der Waals surface area contributed by atoms with Gasteiger partial charge in [-0.1, -0.05) is 89.6 Å². The molecule has 0 saturated heterocycles. The largest absolute Gasteiger partial charge is 0.507 e. The zero-order valence-electron chi connectivity index (χ0n) is 30.9. The Kier molecular flexibility index (Phi) is 19.7. The van der Waals surface area contributed by atoms with Gasteiger partial charge in [0, 0.05) is 36.5 Å². The summed E-state index contributed by atoms with van der Waals surface area (Å²) in [4.78, 5) is 39.3. The Morgan fingerprint density at radius 1 is 0.780 bits per heavy atom. The van der Waals surface area contributed by atoms with Gasteiger partial charge in [0.05, 0.1) is 31.5 Å². The highest BCUT2D eigenvalue weighted by Gasteiger charge is 2.22. The van der Waals surface area contributed by atoms with Crippen LogP contribution in [0.25, 0.3) is 6.08 Å². The van der Waals surface area contributed by atoms with Crippen molar-refractivity contribution >= 4 is 29.5 Å². The molecule has 50 heavy (non-hydrogen) atoms. The van der Waals surface area contributed by atoms with Crippen LogP contribution in [0.5, 0.6) is 11.5 Å². The number of carbonyl (C=O) groups excluding carboxylic acids is 3. The van der Waals surface area contributed by atoms with Gasteiger partial charge in [-0.2, -0.15) is 0 Å². The molecule has 0 aliphatic carbocycles. The molecule has 0 aliphatic heterocycles. The van der Waals surface area contributed by atoms with E-state index >= 15 is 0 Å². The second kappa shape index (κ2) is 23.7. The van der Waals surface area contributed by atoms with Crippen molar-refractivity contribution < 1.29 is 33.7 Å². The van der Waals surface area contributed by atoms with Crippen molar-refractivity contribution in [3.05, 3.63) is 95.1 Å². The lowest BCUT2D eigenvalue weighted by Crippen LogP contribution is -2.21. The summed E-state index contributed by atoms with van der Waals surface area (Å²) in [5.41, 5.74) is 2.43. The molecule has 0 radical (unpaired) electrons. The quantitative estimate of drug-likeness (QED) is 0.0542. The molecule has 0 heterocycles. The maximum absolute atomic E-state index is 13.0. The molecule has 0 amide bonds. The molecule has 272 valence electrons. The van der Waals surface area contributed by atoms with E-state index in [1.165, 1.54) is 18.9 Å². The predicted octanol–water partition coefficient (Wildman–Crippen LogP) is 9.67. The van der Waals surface area contributed by atoms with Gasteiger partial charge in [0.2, 0.25) is 0 Å². The van der Waals surface area contributed by atoms with Crippen LogP contribution in [-0.4, -0.2) is 56.2 Å². The highest BCUT2D eigenvalue weighted by Crippen LogP contribution is 2.28. The van der Waals surface area contributed by atoms with E-state index in [2.05, 4.69) is 25.7 Å². The van der Waals surface area contributed by atoms with Crippen molar-refractivity contribution in [1.29, 1.82) is 0 Å². The SMILES string of the molecule is CCCCC(CC)COC(=O)/C=C/c1ccc(OC)cc1.CCCCCCOC(=O)c1ccccc1C(=O)c1ccc(N(CC)CC)cc1O. The van der Waals surface area contributed by atoms with Crippen LogP contribution < -0.4 is 9.64 Å². The summed E-state index contributed by atoms with van der Waals surface area (Å²) < 4.78 is 15.7. The Labute approximate surface area is 299 Å². The van der Waals surface area contributed by atoms with Crippen molar-refractivity contribution in [2.24, 2.45) is 5.92 Å². The van der Waals surface area contributed by atoms with E-state index in [1.807, 2.05) is 44.2 Å². The van der Waals surface area contributed by atoms with Gasteiger partial charge in [-0.3, -0.25) is 4.79 Å². The zero-order valence-corrected chi connectivity index (χ0v) is 30.9. The molecular weight excluding hydrogens is 630 g/mol. The third kappa shape index (κ3) is 14.1. The summed E-state index contributed by atoms with van der Waals surface area (Å²) in [7, 11) is 1.63. The Morgan fingerprint density at radius 3 is 2.06 bits per heavy atom. The molecule has 3 aromatic rings. The first-order valence-corrected chi connectivity index (χ1v) is 18.1. The monoisotopic (exact) mass is 687 g/mol. The Morgan fingerprint density at radius 2 is 1.46 bits per heavy atom. The Balaban J connectivity index is 0.000000366. The maximum atomic E-state index is 13.0. The molecule has 0 saturated carbocycles. The second-order valence-electron chi connectivity index (χ2n) is 12.1. The lowest BCUT2D eigenvalue weighted by atomic mass is 9.97. The fourth-order valence-electron chi connectivity index (χ4n) is 5.30. The van der Waals surface area contributed by atoms with Crippen LogP contribution in [0, 0.1) is 5.92 Å². The number of hydrogen-bond donors (Lipinski definition) is 1. The summed E-state index contributed by atoms with van der Waals surface area (Å²) in [6.45, 7) is 13.0. The lowest BCUT2D eigenvalue weighted by Gasteiger charge is -2.21. The smallest absolute Gasteiger partial charge is 0.338 e. The highest BCUT2D eigenvalue weighted by molar-refractivity contribution is 6.15. The van der Waals surface area contributed by atoms with E-state index in [-0.39, 0.29) is 28.4 Å². The molecule has 0 fully saturated rings. The topological polar surface area (TPSA) is 102 Å². The average molecular weight is 688 g/mol. The standard InChI is InChI=1S/C24H31NO4.C18H26O3/c1-4-7-8-11-16-29-24(28)20-13-10-9-12-19(20)23(27)21-15-14-18(17-22(21)26)25(5-2)6-3;1-4-6-7-15(5-2)14-21-18(19)13-10-16-8-11-17(20-3)12-9-16/h9-10,12-15,17,26H,4-8,11,16H2,1-3H3;8-13,15H,4-7,14H2,1-3H3/b;13-10+. The molecule has 8 nitrogen and oxygen atoms in total. The van der Waals surface area contributed by atoms with Gasteiger partial charge in [0.25, 0.3) is 0 Å². The molecule has 3 aromatic carbocycles. The maximum Gasteiger partial charge on any atom is 0.338 e. The number of hydrogen-bond acceptors (Lipinski definition) is 8. The normalized spacial score (nSPS) is 11.3. The van der Waals surface area contributed by atoms with Crippen LogP contribution in [0.4, 0.5) is 5.69 Å². The van der Waals surface area contributed by atoms with E-state index in [1.54, 1.807) is 49.6 Å². The van der Waals surface area contributed by atoms with Crippen LogP contribution in [-0.2, 0) is 14.3 Å². The molecule has 1 N–H and O–H groups in total. The van der Waals surface area contributed by atoms with Crippen LogP contribution in [0.15, 0.2) is 72.8 Å². The van der Waals surface area contributed by atoms with Gasteiger partial charge in [-0.15, -0.1) is 0 Å². The van der Waals surface area contributed by atoms with Gasteiger partial charge in [0.1, 0.15) is 11.5 Å². The first kappa shape index (κ1) is 41.6. The third-order valence-electron chi connectivity index (χ3n) is 8.51. The fraction of sp³-hybridized carbons (Fsp3) is 0.452. The first-order chi connectivity index (χ1) is 24.2. The molecule has 0 aromatic heterocycles. The van der Waals surface area contributed by atoms with Crippen LogP contribution in [0.2, 0.25) is 0 Å². The summed E-state index contributed by atoms with van der Waals surface area (Å²) in [6, 6.07) is 19.1. The fourth-order valence-corrected chi connectivity index (χ4v) is 5.30. The van der Waals surface area contributed by atoms with Crippen LogP contribution >= 0.6 is 0 Å². The van der Waals surface area contributed by atoms with Crippen LogP contribution in [0.3, 0.4) is 0 Å². The molecular formula is C42H57NO7. The first-order valence-electron chi connectivity index (χ1n) is 18.1. The van der Waals surface area contributed by atoms with Crippen molar-refractivity contribution in [3.8, 4) is 11.5 Å². The molecule has 1 unspecified atom stereocenters. The summed E-state index contributed by atoms with van der Waals surface area (Å²) in [5.74, 6) is -0.000503. The molecule has 8 heteroatoms. The summed E-state index contributed by atoms with van der Waals surface area (Å²) >= 11 is 0. The number of unbranched alkanes of at least 4 members (excludes halogenated alkanes) is 4. The Bertz CT molecular complexity index is 1480. The van der Waals surface area contributed by atoms with E-state index in [9.17, 15) is 19.5 Å². The number of phenols is 1. The molecule has 0 bridgehead atoms. The minimum atomic E-state index is -0.510. The van der Waals surface area contributed by atoms with Gasteiger partial charge >= 0.3 is 11.9 Å². The average Bonchev–Trinajstić information content (AvgIpc) is 3.14. The molecule has 1 atom stereocenters. The van der Waals surface area contributed by atoms with E-state index in [0.717, 1.165) is 68.6 Å². The minimum absolute atomic E-state index is 0.0952. The molecule has 3 rings (SSSR count). The number of ether oxygens (including phenoxy) is 3. The van der Waals surface area contributed by atoms with Crippen molar-refractivity contribution in [1.82, 2.24) is 0 Å². The van der Waals surface area contributed by atoms with Crippen molar-refractivity contribution in [3.63, 3.8) is 0 Å². The number of aromatic hydroxyl groups is 1. The predicted molar refractivity (Wildman–Crippen MR) is 202 cm³/mol. The van der Waals surface area contributed by atoms with E-state index in [4.69, 9.17) is 14.2 Å². The number of anilines is 1. The number of benzene rings is 3.